The number of benzene rings is 4. The number of Topliss-reactive ketones (excluding diaryl/α,β-unsaturated/α-hetero) is 2. The molecular formula is C37H30N2O5. The second-order valence-corrected chi connectivity index (χ2v) is 11.2. The summed E-state index contributed by atoms with van der Waals surface area (Å²) in [5, 5.41) is 3.08. The van der Waals surface area contributed by atoms with Crippen molar-refractivity contribution in [3.8, 4) is 11.5 Å². The molecule has 0 bridgehead atoms. The largest absolute Gasteiger partial charge is 0.497 e. The summed E-state index contributed by atoms with van der Waals surface area (Å²) < 4.78 is 11.0. The van der Waals surface area contributed by atoms with E-state index in [1.807, 2.05) is 65.7 Å². The lowest BCUT2D eigenvalue weighted by Gasteiger charge is -2.38. The van der Waals surface area contributed by atoms with E-state index < -0.39 is 23.4 Å². The maximum atomic E-state index is 14.9. The Kier molecular flexibility index (Phi) is 6.66. The summed E-state index contributed by atoms with van der Waals surface area (Å²) in [5.41, 5.74) is 2.61. The van der Waals surface area contributed by atoms with Crippen LogP contribution in [0.4, 0.5) is 5.69 Å². The molecule has 7 rings (SSSR count). The Balaban J connectivity index is 1.46. The third-order valence-electron chi connectivity index (χ3n) is 9.00. The number of hydrogen-bond acceptors (Lipinski definition) is 6. The number of hydrogen-bond donors (Lipinski definition) is 1. The van der Waals surface area contributed by atoms with E-state index >= 15 is 0 Å². The van der Waals surface area contributed by atoms with Crippen LogP contribution in [-0.2, 0) is 10.2 Å². The van der Waals surface area contributed by atoms with Gasteiger partial charge in [0.15, 0.2) is 11.6 Å². The first-order valence-electron chi connectivity index (χ1n) is 14.5. The van der Waals surface area contributed by atoms with Crippen molar-refractivity contribution in [1.82, 2.24) is 4.90 Å². The van der Waals surface area contributed by atoms with E-state index in [4.69, 9.17) is 9.47 Å². The number of nitrogens with one attached hydrogen (secondary N) is 1. The van der Waals surface area contributed by atoms with E-state index in [0.29, 0.717) is 40.5 Å². The second kappa shape index (κ2) is 10.7. The highest BCUT2D eigenvalue weighted by Crippen LogP contribution is 2.62. The number of carbonyl (C=O) groups excluding carboxylic acids is 3. The zero-order chi connectivity index (χ0) is 30.4. The summed E-state index contributed by atoms with van der Waals surface area (Å²) in [4.78, 5) is 46.1. The van der Waals surface area contributed by atoms with Crippen molar-refractivity contribution in [2.24, 2.45) is 5.92 Å². The standard InChI is InChI=1S/C37H30N2O5/c1-3-22-44-27-18-14-24(15-19-27)33(40)31-32(34(41)25-12-16-26(43-2)17-13-25)39-21-20-23-8-4-5-9-28(23)35(39)37(31)29-10-6-7-11-30(29)38-36(37)42/h3-21,31-32,35H,1,22H2,2H3,(H,38,42). The van der Waals surface area contributed by atoms with Crippen molar-refractivity contribution in [3.63, 3.8) is 0 Å². The number of ketones is 2. The lowest BCUT2D eigenvalue weighted by atomic mass is 9.62. The molecule has 4 atom stereocenters. The zero-order valence-electron chi connectivity index (χ0n) is 24.1. The molecule has 0 aromatic heterocycles. The smallest absolute Gasteiger partial charge is 0.238 e. The van der Waals surface area contributed by atoms with Gasteiger partial charge in [0, 0.05) is 23.0 Å². The fraction of sp³-hybridized carbons (Fsp3) is 0.162. The van der Waals surface area contributed by atoms with Crippen molar-refractivity contribution in [3.05, 3.63) is 144 Å². The average Bonchev–Trinajstić information content (AvgIpc) is 3.55. The van der Waals surface area contributed by atoms with Gasteiger partial charge in [0.1, 0.15) is 29.6 Å². The highest BCUT2D eigenvalue weighted by molar-refractivity contribution is 6.16. The molecule has 218 valence electrons. The van der Waals surface area contributed by atoms with Gasteiger partial charge in [-0.05, 0) is 77.4 Å². The second-order valence-electron chi connectivity index (χ2n) is 11.2. The predicted octanol–water partition coefficient (Wildman–Crippen LogP) is 6.24. The molecule has 3 aliphatic rings. The fourth-order valence-corrected chi connectivity index (χ4v) is 7.14. The van der Waals surface area contributed by atoms with Crippen LogP contribution in [0.15, 0.2) is 116 Å². The van der Waals surface area contributed by atoms with Gasteiger partial charge in [0.05, 0.1) is 19.1 Å². The Morgan fingerprint density at radius 2 is 1.55 bits per heavy atom. The Labute approximate surface area is 255 Å². The van der Waals surface area contributed by atoms with Crippen LogP contribution < -0.4 is 14.8 Å². The van der Waals surface area contributed by atoms with E-state index in [9.17, 15) is 14.4 Å². The molecule has 0 saturated carbocycles. The molecule has 1 N–H and O–H groups in total. The van der Waals surface area contributed by atoms with Crippen molar-refractivity contribution >= 4 is 29.2 Å². The van der Waals surface area contributed by atoms with Crippen LogP contribution in [0, 0.1) is 5.92 Å². The highest BCUT2D eigenvalue weighted by Gasteiger charge is 2.70. The minimum atomic E-state index is -1.39. The molecule has 4 aromatic rings. The first-order chi connectivity index (χ1) is 21.5. The molecule has 1 spiro atoms. The number of para-hydroxylation sites is 1. The number of fused-ring (bicyclic) bond motifs is 6. The molecule has 44 heavy (non-hydrogen) atoms. The summed E-state index contributed by atoms with van der Waals surface area (Å²) in [5.74, 6) is -0.690. The van der Waals surface area contributed by atoms with Crippen molar-refractivity contribution < 1.29 is 23.9 Å². The molecule has 4 aromatic carbocycles. The summed E-state index contributed by atoms with van der Waals surface area (Å²) in [7, 11) is 1.57. The number of anilines is 1. The third-order valence-corrected chi connectivity index (χ3v) is 9.00. The van der Waals surface area contributed by atoms with Crippen LogP contribution >= 0.6 is 0 Å². The molecule has 0 radical (unpaired) electrons. The normalized spacial score (nSPS) is 22.5. The van der Waals surface area contributed by atoms with E-state index in [1.165, 1.54) is 0 Å². The van der Waals surface area contributed by atoms with Gasteiger partial charge in [-0.3, -0.25) is 14.4 Å². The monoisotopic (exact) mass is 582 g/mol. The maximum absolute atomic E-state index is 14.9. The summed E-state index contributed by atoms with van der Waals surface area (Å²) in [6, 6.07) is 27.5. The van der Waals surface area contributed by atoms with Crippen molar-refractivity contribution in [1.29, 1.82) is 0 Å². The maximum Gasteiger partial charge on any atom is 0.238 e. The van der Waals surface area contributed by atoms with Crippen LogP contribution in [0.1, 0.15) is 43.4 Å². The molecule has 0 aliphatic carbocycles. The molecule has 4 unspecified atom stereocenters. The van der Waals surface area contributed by atoms with Gasteiger partial charge in [-0.15, -0.1) is 0 Å². The fourth-order valence-electron chi connectivity index (χ4n) is 7.14. The first-order valence-corrected chi connectivity index (χ1v) is 14.5. The van der Waals surface area contributed by atoms with Crippen LogP contribution in [0.5, 0.6) is 11.5 Å². The SMILES string of the molecule is C=CCOc1ccc(C(=O)C2C(C(=O)c3ccc(OC)cc3)N3C=Cc4ccccc4C3C23C(=O)Nc2ccccc23)cc1. The van der Waals surface area contributed by atoms with E-state index in [0.717, 1.165) is 11.1 Å². The summed E-state index contributed by atoms with van der Waals surface area (Å²) >= 11 is 0. The quantitative estimate of drug-likeness (QED) is 0.196. The van der Waals surface area contributed by atoms with Crippen LogP contribution in [0.2, 0.25) is 0 Å². The molecule has 7 nitrogen and oxygen atoms in total. The molecule has 7 heteroatoms. The minimum absolute atomic E-state index is 0.250. The van der Waals surface area contributed by atoms with Crippen molar-refractivity contribution in [2.75, 3.05) is 19.0 Å². The molecule has 3 aliphatic heterocycles. The van der Waals surface area contributed by atoms with E-state index in [1.54, 1.807) is 61.7 Å². The number of methoxy groups -OCH3 is 1. The number of amides is 1. The van der Waals surface area contributed by atoms with Gasteiger partial charge in [0.25, 0.3) is 0 Å². The topological polar surface area (TPSA) is 84.9 Å². The Hall–Kier alpha value is -5.43. The first kappa shape index (κ1) is 27.4. The number of rotatable bonds is 8. The third kappa shape index (κ3) is 4.00. The molecule has 1 saturated heterocycles. The van der Waals surface area contributed by atoms with Crippen molar-refractivity contribution in [2.45, 2.75) is 17.5 Å². The lowest BCUT2D eigenvalue weighted by Crippen LogP contribution is -2.49. The van der Waals surface area contributed by atoms with Crippen LogP contribution in [0.3, 0.4) is 0 Å². The van der Waals surface area contributed by atoms with E-state index in [-0.39, 0.29) is 17.5 Å². The van der Waals surface area contributed by atoms with Gasteiger partial charge in [0.2, 0.25) is 5.91 Å². The number of ether oxygens (including phenoxy) is 2. The summed E-state index contributed by atoms with van der Waals surface area (Å²) in [6.45, 7) is 4.02. The zero-order valence-corrected chi connectivity index (χ0v) is 24.1. The van der Waals surface area contributed by atoms with Gasteiger partial charge in [-0.1, -0.05) is 55.1 Å². The van der Waals surface area contributed by atoms with Gasteiger partial charge >= 0.3 is 0 Å². The molecule has 3 heterocycles. The van der Waals surface area contributed by atoms with Gasteiger partial charge < -0.3 is 19.7 Å². The minimum Gasteiger partial charge on any atom is -0.497 e. The Morgan fingerprint density at radius 1 is 0.886 bits per heavy atom. The average molecular weight is 583 g/mol. The molecule has 1 fully saturated rings. The van der Waals surface area contributed by atoms with Crippen LogP contribution in [-0.4, -0.2) is 42.1 Å². The molecule has 1 amide bonds. The highest BCUT2D eigenvalue weighted by atomic mass is 16.5. The lowest BCUT2D eigenvalue weighted by molar-refractivity contribution is -0.122. The Morgan fingerprint density at radius 3 is 2.27 bits per heavy atom. The Bertz CT molecular complexity index is 1830. The number of nitrogens with zero attached hydrogens (tertiary/aromatic N) is 1. The van der Waals surface area contributed by atoms with Gasteiger partial charge in [-0.25, -0.2) is 0 Å². The molecular weight excluding hydrogens is 552 g/mol. The van der Waals surface area contributed by atoms with Gasteiger partial charge in [-0.2, -0.15) is 0 Å². The van der Waals surface area contributed by atoms with Crippen LogP contribution in [0.25, 0.3) is 6.08 Å². The van der Waals surface area contributed by atoms with E-state index in [2.05, 4.69) is 11.9 Å². The summed E-state index contributed by atoms with van der Waals surface area (Å²) in [6.07, 6.45) is 5.47. The number of carbonyl (C=O) groups is 3. The predicted molar refractivity (Wildman–Crippen MR) is 168 cm³/mol.